The van der Waals surface area contributed by atoms with E-state index in [2.05, 4.69) is 15.9 Å². The van der Waals surface area contributed by atoms with Gasteiger partial charge in [0.05, 0.1) is 5.39 Å². The summed E-state index contributed by atoms with van der Waals surface area (Å²) in [6.45, 7) is 0. The predicted octanol–water partition coefficient (Wildman–Crippen LogP) is 4.83. The fourth-order valence-electron chi connectivity index (χ4n) is 1.91. The lowest BCUT2D eigenvalue weighted by atomic mass is 10.1. The van der Waals surface area contributed by atoms with Gasteiger partial charge in [-0.05, 0) is 46.9 Å². The molecule has 19 heavy (non-hydrogen) atoms. The van der Waals surface area contributed by atoms with Crippen molar-refractivity contribution < 1.29 is 4.42 Å². The second-order valence-electron chi connectivity index (χ2n) is 4.08. The fourth-order valence-corrected chi connectivity index (χ4v) is 2.88. The number of hydrogen-bond acceptors (Lipinski definition) is 2. The standard InChI is InChI=1S/C15H8BrIO2/c16-10-7-5-9(6-8-10)15-13(17)14(18)11-3-1-2-4-12(11)19-15/h1-8H. The van der Waals surface area contributed by atoms with E-state index in [1.165, 1.54) is 0 Å². The Labute approximate surface area is 131 Å². The molecular formula is C15H8BrIO2. The van der Waals surface area contributed by atoms with Gasteiger partial charge in [-0.15, -0.1) is 0 Å². The van der Waals surface area contributed by atoms with Crippen molar-refractivity contribution in [1.29, 1.82) is 0 Å². The van der Waals surface area contributed by atoms with Gasteiger partial charge in [0, 0.05) is 10.0 Å². The third-order valence-corrected chi connectivity index (χ3v) is 4.36. The Hall–Kier alpha value is -1.14. The van der Waals surface area contributed by atoms with Gasteiger partial charge in [0.15, 0.2) is 5.76 Å². The molecule has 3 rings (SSSR count). The first-order valence-corrected chi connectivity index (χ1v) is 7.51. The smallest absolute Gasteiger partial charge is 0.206 e. The molecule has 0 spiro atoms. The van der Waals surface area contributed by atoms with E-state index in [0.29, 0.717) is 20.3 Å². The van der Waals surface area contributed by atoms with Crippen molar-refractivity contribution in [3.05, 3.63) is 66.8 Å². The maximum Gasteiger partial charge on any atom is 0.206 e. The zero-order valence-electron chi connectivity index (χ0n) is 9.69. The minimum atomic E-state index is 0.0142. The first-order valence-electron chi connectivity index (χ1n) is 5.64. The number of para-hydroxylation sites is 1. The van der Waals surface area contributed by atoms with E-state index in [1.807, 2.05) is 65.1 Å². The van der Waals surface area contributed by atoms with Gasteiger partial charge in [-0.3, -0.25) is 4.79 Å². The normalized spacial score (nSPS) is 10.8. The molecule has 0 saturated carbocycles. The molecule has 0 aliphatic rings. The average Bonchev–Trinajstić information content (AvgIpc) is 2.44. The summed E-state index contributed by atoms with van der Waals surface area (Å²) in [5.41, 5.74) is 1.53. The molecule has 1 aromatic heterocycles. The Morgan fingerprint density at radius 1 is 1.00 bits per heavy atom. The maximum absolute atomic E-state index is 12.3. The van der Waals surface area contributed by atoms with Crippen LogP contribution >= 0.6 is 38.5 Å². The van der Waals surface area contributed by atoms with Gasteiger partial charge < -0.3 is 4.42 Å². The van der Waals surface area contributed by atoms with E-state index in [1.54, 1.807) is 6.07 Å². The second-order valence-corrected chi connectivity index (χ2v) is 6.07. The molecule has 0 aliphatic heterocycles. The van der Waals surface area contributed by atoms with Crippen molar-refractivity contribution in [2.24, 2.45) is 0 Å². The highest BCUT2D eigenvalue weighted by Gasteiger charge is 2.13. The predicted molar refractivity (Wildman–Crippen MR) is 88.3 cm³/mol. The Kier molecular flexibility index (Phi) is 3.45. The van der Waals surface area contributed by atoms with Gasteiger partial charge in [-0.25, -0.2) is 0 Å². The number of fused-ring (bicyclic) bond motifs is 1. The largest absolute Gasteiger partial charge is 0.455 e. The van der Waals surface area contributed by atoms with Crippen LogP contribution in [0, 0.1) is 3.57 Å². The molecule has 4 heteroatoms. The molecule has 0 fully saturated rings. The lowest BCUT2D eigenvalue weighted by Gasteiger charge is -2.06. The molecular weight excluding hydrogens is 419 g/mol. The molecule has 94 valence electrons. The quantitative estimate of drug-likeness (QED) is 0.522. The molecule has 0 radical (unpaired) electrons. The molecule has 0 aliphatic carbocycles. The average molecular weight is 427 g/mol. The van der Waals surface area contributed by atoms with E-state index >= 15 is 0 Å². The molecule has 0 atom stereocenters. The minimum Gasteiger partial charge on any atom is -0.455 e. The van der Waals surface area contributed by atoms with E-state index in [4.69, 9.17) is 4.42 Å². The number of rotatable bonds is 1. The Bertz CT molecular complexity index is 806. The molecule has 2 nitrogen and oxygen atoms in total. The van der Waals surface area contributed by atoms with Gasteiger partial charge in [-0.1, -0.05) is 40.2 Å². The highest BCUT2D eigenvalue weighted by molar-refractivity contribution is 14.1. The number of benzene rings is 2. The van der Waals surface area contributed by atoms with Crippen LogP contribution in [-0.2, 0) is 0 Å². The Balaban J connectivity index is 2.33. The van der Waals surface area contributed by atoms with E-state index in [9.17, 15) is 4.79 Å². The molecule has 2 aromatic carbocycles. The number of hydrogen-bond donors (Lipinski definition) is 0. The van der Waals surface area contributed by atoms with Crippen LogP contribution in [0.25, 0.3) is 22.3 Å². The van der Waals surface area contributed by atoms with E-state index < -0.39 is 0 Å². The highest BCUT2D eigenvalue weighted by atomic mass is 127. The summed E-state index contributed by atoms with van der Waals surface area (Å²) in [7, 11) is 0. The summed E-state index contributed by atoms with van der Waals surface area (Å²) >= 11 is 5.44. The molecule has 0 bridgehead atoms. The van der Waals surface area contributed by atoms with Crippen LogP contribution in [0.3, 0.4) is 0 Å². The zero-order valence-corrected chi connectivity index (χ0v) is 13.4. The molecule has 0 saturated heterocycles. The first kappa shape index (κ1) is 12.9. The van der Waals surface area contributed by atoms with Crippen molar-refractivity contribution in [1.82, 2.24) is 0 Å². The summed E-state index contributed by atoms with van der Waals surface area (Å²) in [5.74, 6) is 0.622. The van der Waals surface area contributed by atoms with Crippen molar-refractivity contribution in [3.8, 4) is 11.3 Å². The number of halogens is 2. The highest BCUT2D eigenvalue weighted by Crippen LogP contribution is 2.27. The minimum absolute atomic E-state index is 0.0142. The van der Waals surface area contributed by atoms with Crippen molar-refractivity contribution in [3.63, 3.8) is 0 Å². The molecule has 3 aromatic rings. The van der Waals surface area contributed by atoms with Crippen molar-refractivity contribution in [2.45, 2.75) is 0 Å². The maximum atomic E-state index is 12.3. The van der Waals surface area contributed by atoms with Crippen LogP contribution in [0.2, 0.25) is 0 Å². The third kappa shape index (κ3) is 2.34. The van der Waals surface area contributed by atoms with E-state index in [-0.39, 0.29) is 5.43 Å². The van der Waals surface area contributed by atoms with Gasteiger partial charge >= 0.3 is 0 Å². The van der Waals surface area contributed by atoms with Crippen molar-refractivity contribution in [2.75, 3.05) is 0 Å². The fraction of sp³-hybridized carbons (Fsp3) is 0. The summed E-state index contributed by atoms with van der Waals surface area (Å²) < 4.78 is 7.48. The van der Waals surface area contributed by atoms with Crippen molar-refractivity contribution >= 4 is 49.5 Å². The van der Waals surface area contributed by atoms with Crippen LogP contribution in [0.4, 0.5) is 0 Å². The molecule has 0 unspecified atom stereocenters. The summed E-state index contributed by atoms with van der Waals surface area (Å²) in [6, 6.07) is 15.0. The van der Waals surface area contributed by atoms with Crippen LogP contribution in [0.5, 0.6) is 0 Å². The second kappa shape index (κ2) is 5.09. The summed E-state index contributed by atoms with van der Waals surface area (Å²) in [4.78, 5) is 12.3. The van der Waals surface area contributed by atoms with Gasteiger partial charge in [0.2, 0.25) is 5.43 Å². The Morgan fingerprint density at radius 2 is 1.68 bits per heavy atom. The van der Waals surface area contributed by atoms with Crippen LogP contribution in [0.15, 0.2) is 62.2 Å². The van der Waals surface area contributed by atoms with Crippen LogP contribution < -0.4 is 5.43 Å². The van der Waals surface area contributed by atoms with Gasteiger partial charge in [0.25, 0.3) is 0 Å². The SMILES string of the molecule is O=c1c(I)c(-c2ccc(Br)cc2)oc2ccccc12. The zero-order chi connectivity index (χ0) is 13.4. The summed E-state index contributed by atoms with van der Waals surface area (Å²) in [5, 5.41) is 0.618. The molecule has 0 amide bonds. The van der Waals surface area contributed by atoms with Crippen LogP contribution in [-0.4, -0.2) is 0 Å². The lowest BCUT2D eigenvalue weighted by Crippen LogP contribution is -2.07. The summed E-state index contributed by atoms with van der Waals surface area (Å²) in [6.07, 6.45) is 0. The topological polar surface area (TPSA) is 30.2 Å². The first-order chi connectivity index (χ1) is 9.16. The monoisotopic (exact) mass is 426 g/mol. The third-order valence-electron chi connectivity index (χ3n) is 2.85. The van der Waals surface area contributed by atoms with Gasteiger partial charge in [0.1, 0.15) is 9.15 Å². The molecule has 0 N–H and O–H groups in total. The lowest BCUT2D eigenvalue weighted by molar-refractivity contribution is 0.615. The van der Waals surface area contributed by atoms with Crippen LogP contribution in [0.1, 0.15) is 0 Å². The molecule has 1 heterocycles. The van der Waals surface area contributed by atoms with E-state index in [0.717, 1.165) is 10.0 Å². The Morgan fingerprint density at radius 3 is 2.42 bits per heavy atom. The van der Waals surface area contributed by atoms with Gasteiger partial charge in [-0.2, -0.15) is 0 Å².